The van der Waals surface area contributed by atoms with Gasteiger partial charge in [-0.25, -0.2) is 8.42 Å². The maximum Gasteiger partial charge on any atom is 0.243 e. The average Bonchev–Trinajstić information content (AvgIpc) is 3.32. The minimum Gasteiger partial charge on any atom is -0.369 e. The van der Waals surface area contributed by atoms with Gasteiger partial charge in [0.1, 0.15) is 0 Å². The van der Waals surface area contributed by atoms with Crippen molar-refractivity contribution < 1.29 is 13.2 Å². The van der Waals surface area contributed by atoms with E-state index in [0.717, 1.165) is 36.2 Å². The third-order valence-corrected chi connectivity index (χ3v) is 7.92. The van der Waals surface area contributed by atoms with Crippen LogP contribution in [-0.4, -0.2) is 44.8 Å². The lowest BCUT2D eigenvalue weighted by Crippen LogP contribution is -2.48. The fraction of sp³-hybridized carbons (Fsp3) is 0.381. The van der Waals surface area contributed by atoms with Gasteiger partial charge in [0, 0.05) is 37.6 Å². The van der Waals surface area contributed by atoms with E-state index in [9.17, 15) is 13.2 Å². The molecule has 7 heteroatoms. The molecule has 1 aliphatic carbocycles. The number of amides is 1. The number of benzene rings is 2. The largest absolute Gasteiger partial charge is 0.369 e. The van der Waals surface area contributed by atoms with Crippen molar-refractivity contribution in [1.29, 1.82) is 0 Å². The Kier molecular flexibility index (Phi) is 4.17. The zero-order valence-electron chi connectivity index (χ0n) is 15.6. The number of carbonyl (C=O) groups excluding carboxylic acids is 1. The lowest BCUT2D eigenvalue weighted by molar-refractivity contribution is -0.115. The summed E-state index contributed by atoms with van der Waals surface area (Å²) in [6.45, 7) is 2.22. The molecule has 3 aliphatic rings. The van der Waals surface area contributed by atoms with Crippen molar-refractivity contribution in [2.75, 3.05) is 36.4 Å². The van der Waals surface area contributed by atoms with Crippen LogP contribution >= 0.6 is 0 Å². The van der Waals surface area contributed by atoms with E-state index in [1.54, 1.807) is 10.4 Å². The molecule has 28 heavy (non-hydrogen) atoms. The molecule has 2 aromatic carbocycles. The predicted molar refractivity (Wildman–Crippen MR) is 108 cm³/mol. The highest BCUT2D eigenvalue weighted by Gasteiger charge is 2.30. The molecule has 6 nitrogen and oxygen atoms in total. The Morgan fingerprint density at radius 3 is 2.46 bits per heavy atom. The Labute approximate surface area is 165 Å². The van der Waals surface area contributed by atoms with Gasteiger partial charge < -0.3 is 10.2 Å². The number of nitrogens with one attached hydrogen (secondary N) is 1. The molecule has 0 spiro atoms. The lowest BCUT2D eigenvalue weighted by Gasteiger charge is -2.35. The normalized spacial score (nSPS) is 19.4. The highest BCUT2D eigenvalue weighted by Crippen LogP contribution is 2.30. The van der Waals surface area contributed by atoms with E-state index < -0.39 is 10.0 Å². The van der Waals surface area contributed by atoms with Crippen molar-refractivity contribution in [2.45, 2.75) is 30.6 Å². The molecule has 1 amide bonds. The number of nitrogens with zero attached hydrogens (tertiary/aromatic N) is 2. The van der Waals surface area contributed by atoms with Crippen LogP contribution in [0.25, 0.3) is 0 Å². The number of sulfonamides is 1. The lowest BCUT2D eigenvalue weighted by atomic mass is 10.1. The minimum atomic E-state index is -3.45. The third-order valence-electron chi connectivity index (χ3n) is 6.03. The van der Waals surface area contributed by atoms with Crippen molar-refractivity contribution >= 4 is 27.3 Å². The van der Waals surface area contributed by atoms with Crippen molar-refractivity contribution in [3.05, 3.63) is 53.1 Å². The van der Waals surface area contributed by atoms with Gasteiger partial charge in [-0.1, -0.05) is 6.07 Å². The number of anilines is 2. The molecule has 0 unspecified atom stereocenters. The first-order valence-electron chi connectivity index (χ1n) is 9.80. The molecule has 5 rings (SSSR count). The summed E-state index contributed by atoms with van der Waals surface area (Å²) >= 11 is 0. The first-order valence-corrected chi connectivity index (χ1v) is 11.2. The van der Waals surface area contributed by atoms with Gasteiger partial charge in [-0.3, -0.25) is 4.79 Å². The Morgan fingerprint density at radius 2 is 1.64 bits per heavy atom. The van der Waals surface area contributed by atoms with E-state index in [0.29, 0.717) is 37.5 Å². The first kappa shape index (κ1) is 17.7. The second-order valence-electron chi connectivity index (χ2n) is 7.74. The fourth-order valence-corrected chi connectivity index (χ4v) is 5.93. The van der Waals surface area contributed by atoms with Gasteiger partial charge >= 0.3 is 0 Å². The highest BCUT2D eigenvalue weighted by atomic mass is 32.2. The predicted octanol–water partition coefficient (Wildman–Crippen LogP) is 2.18. The van der Waals surface area contributed by atoms with Gasteiger partial charge in [-0.2, -0.15) is 4.31 Å². The van der Waals surface area contributed by atoms with Crippen LogP contribution in [-0.2, 0) is 34.1 Å². The van der Waals surface area contributed by atoms with E-state index in [2.05, 4.69) is 10.2 Å². The molecule has 0 aromatic heterocycles. The molecule has 2 aromatic rings. The Hall–Kier alpha value is -2.38. The minimum absolute atomic E-state index is 0.0254. The number of carbonyl (C=O) groups is 1. The number of piperazine rings is 1. The van der Waals surface area contributed by atoms with Crippen LogP contribution in [0.4, 0.5) is 11.4 Å². The Balaban J connectivity index is 1.30. The van der Waals surface area contributed by atoms with Crippen molar-refractivity contribution in [3.63, 3.8) is 0 Å². The van der Waals surface area contributed by atoms with E-state index in [-0.39, 0.29) is 5.91 Å². The van der Waals surface area contributed by atoms with Crippen LogP contribution in [0, 0.1) is 0 Å². The summed E-state index contributed by atoms with van der Waals surface area (Å²) in [5.74, 6) is 0.0254. The van der Waals surface area contributed by atoms with Gasteiger partial charge in [-0.05, 0) is 66.3 Å². The maximum atomic E-state index is 13.1. The molecular formula is C21H23N3O3S. The summed E-state index contributed by atoms with van der Waals surface area (Å²) in [5.41, 5.74) is 5.40. The molecule has 0 radical (unpaired) electrons. The number of rotatable bonds is 3. The first-order chi connectivity index (χ1) is 13.5. The van der Waals surface area contributed by atoms with E-state index in [1.807, 2.05) is 30.3 Å². The SMILES string of the molecule is O=C1Cc2cc(N3CCN(S(=O)(=O)c4ccc5c(c4)CCC5)CC3)ccc2N1. The van der Waals surface area contributed by atoms with Crippen LogP contribution in [0.1, 0.15) is 23.1 Å². The van der Waals surface area contributed by atoms with Crippen LogP contribution < -0.4 is 10.2 Å². The van der Waals surface area contributed by atoms with Crippen LogP contribution in [0.15, 0.2) is 41.3 Å². The zero-order valence-corrected chi connectivity index (χ0v) is 16.5. The molecule has 2 heterocycles. The van der Waals surface area contributed by atoms with Crippen molar-refractivity contribution in [3.8, 4) is 0 Å². The second kappa shape index (κ2) is 6.60. The zero-order chi connectivity index (χ0) is 19.3. The second-order valence-corrected chi connectivity index (χ2v) is 9.68. The molecule has 0 saturated carbocycles. The molecule has 1 saturated heterocycles. The van der Waals surface area contributed by atoms with E-state index in [4.69, 9.17) is 0 Å². The Bertz CT molecular complexity index is 1060. The van der Waals surface area contributed by atoms with Crippen LogP contribution in [0.5, 0.6) is 0 Å². The monoisotopic (exact) mass is 397 g/mol. The topological polar surface area (TPSA) is 69.7 Å². The molecule has 0 bridgehead atoms. The summed E-state index contributed by atoms with van der Waals surface area (Å²) in [4.78, 5) is 14.2. The molecule has 146 valence electrons. The summed E-state index contributed by atoms with van der Waals surface area (Å²) < 4.78 is 27.8. The van der Waals surface area contributed by atoms with Crippen LogP contribution in [0.2, 0.25) is 0 Å². The number of hydrogen-bond acceptors (Lipinski definition) is 4. The molecule has 1 fully saturated rings. The smallest absolute Gasteiger partial charge is 0.243 e. The number of fused-ring (bicyclic) bond motifs is 2. The molecular weight excluding hydrogens is 374 g/mol. The van der Waals surface area contributed by atoms with Gasteiger partial charge in [0.05, 0.1) is 11.3 Å². The van der Waals surface area contributed by atoms with Gasteiger partial charge in [0.15, 0.2) is 0 Å². The van der Waals surface area contributed by atoms with Crippen molar-refractivity contribution in [1.82, 2.24) is 4.31 Å². The molecule has 2 aliphatic heterocycles. The highest BCUT2D eigenvalue weighted by molar-refractivity contribution is 7.89. The summed E-state index contributed by atoms with van der Waals surface area (Å²) in [6.07, 6.45) is 3.55. The third kappa shape index (κ3) is 2.99. The van der Waals surface area contributed by atoms with Crippen LogP contribution in [0.3, 0.4) is 0 Å². The van der Waals surface area contributed by atoms with Gasteiger partial charge in [0.25, 0.3) is 0 Å². The maximum absolute atomic E-state index is 13.1. The summed E-state index contributed by atoms with van der Waals surface area (Å²) in [5, 5.41) is 2.85. The summed E-state index contributed by atoms with van der Waals surface area (Å²) in [6, 6.07) is 11.6. The number of aryl methyl sites for hydroxylation is 2. The van der Waals surface area contributed by atoms with Gasteiger partial charge in [-0.15, -0.1) is 0 Å². The van der Waals surface area contributed by atoms with Gasteiger partial charge in [0.2, 0.25) is 15.9 Å². The standard InChI is InChI=1S/C21H23N3O3S/c25-21-14-17-12-18(5-7-20(17)22-21)23-8-10-24(11-9-23)28(26,27)19-6-4-15-2-1-3-16(15)13-19/h4-7,12-13H,1-3,8-11,14H2,(H,22,25). The van der Waals surface area contributed by atoms with Crippen molar-refractivity contribution in [2.24, 2.45) is 0 Å². The summed E-state index contributed by atoms with van der Waals surface area (Å²) in [7, 11) is -3.45. The fourth-order valence-electron chi connectivity index (χ4n) is 4.46. The Morgan fingerprint density at radius 1 is 0.857 bits per heavy atom. The van der Waals surface area contributed by atoms with E-state index >= 15 is 0 Å². The van der Waals surface area contributed by atoms with E-state index in [1.165, 1.54) is 11.1 Å². The quantitative estimate of drug-likeness (QED) is 0.862. The average molecular weight is 398 g/mol. The molecule has 1 N–H and O–H groups in total. The molecule has 0 atom stereocenters. The number of hydrogen-bond donors (Lipinski definition) is 1.